The van der Waals surface area contributed by atoms with Crippen molar-refractivity contribution in [3.8, 4) is 0 Å². The second-order valence-corrected chi connectivity index (χ2v) is 5.80. The molecule has 3 nitrogen and oxygen atoms in total. The van der Waals surface area contributed by atoms with E-state index in [-0.39, 0.29) is 11.4 Å². The van der Waals surface area contributed by atoms with Gasteiger partial charge in [-0.1, -0.05) is 53.4 Å². The lowest BCUT2D eigenvalue weighted by Crippen LogP contribution is -2.33. The molecule has 0 aliphatic rings. The quantitative estimate of drug-likeness (QED) is 0.454. The highest BCUT2D eigenvalue weighted by Crippen LogP contribution is 2.22. The van der Waals surface area contributed by atoms with Gasteiger partial charge in [-0.05, 0) is 18.3 Å². The van der Waals surface area contributed by atoms with E-state index >= 15 is 0 Å². The first-order chi connectivity index (χ1) is 8.52. The molecule has 0 unspecified atom stereocenters. The predicted octanol–water partition coefficient (Wildman–Crippen LogP) is 3.53. The Morgan fingerprint density at radius 3 is 2.39 bits per heavy atom. The number of carbonyl (C=O) groups is 1. The third-order valence-corrected chi connectivity index (χ3v) is 3.09. The highest BCUT2D eigenvalue weighted by Gasteiger charge is 2.17. The number of esters is 1. The zero-order chi connectivity index (χ0) is 13.9. The Morgan fingerprint density at radius 2 is 1.78 bits per heavy atom. The van der Waals surface area contributed by atoms with Crippen LogP contribution in [0.25, 0.3) is 0 Å². The second kappa shape index (κ2) is 10.4. The maximum Gasteiger partial charge on any atom is 0.319 e. The van der Waals surface area contributed by atoms with E-state index in [1.165, 1.54) is 25.7 Å². The first kappa shape index (κ1) is 17.4. The Hall–Kier alpha value is -0.570. The molecule has 0 aromatic heterocycles. The number of hydrogen-bond donors (Lipinski definition) is 1. The van der Waals surface area contributed by atoms with Crippen molar-refractivity contribution in [3.63, 3.8) is 0 Å². The Kier molecular flexibility index (Phi) is 10.0. The van der Waals surface area contributed by atoms with Gasteiger partial charge in [-0.25, -0.2) is 0 Å². The van der Waals surface area contributed by atoms with Gasteiger partial charge in [-0.3, -0.25) is 4.79 Å². The summed E-state index contributed by atoms with van der Waals surface area (Å²) in [5.74, 6) is -0.132. The van der Waals surface area contributed by atoms with Crippen molar-refractivity contribution >= 4 is 5.97 Å². The fourth-order valence-electron chi connectivity index (χ4n) is 1.83. The van der Waals surface area contributed by atoms with Gasteiger partial charge < -0.3 is 10.1 Å². The summed E-state index contributed by atoms with van der Waals surface area (Å²) in [5, 5.41) is 3.20. The van der Waals surface area contributed by atoms with E-state index in [4.69, 9.17) is 4.74 Å². The molecule has 0 rings (SSSR count). The Balaban J connectivity index is 3.58. The largest absolute Gasteiger partial charge is 0.465 e. The molecule has 108 valence electrons. The van der Waals surface area contributed by atoms with Crippen LogP contribution in [-0.2, 0) is 9.53 Å². The normalized spacial score (nSPS) is 11.6. The van der Waals surface area contributed by atoms with Crippen LogP contribution >= 0.6 is 0 Å². The van der Waals surface area contributed by atoms with Gasteiger partial charge in [0.25, 0.3) is 0 Å². The van der Waals surface area contributed by atoms with E-state index in [1.54, 1.807) is 0 Å². The maximum absolute atomic E-state index is 11.4. The molecule has 18 heavy (non-hydrogen) atoms. The molecule has 0 heterocycles. The highest BCUT2D eigenvalue weighted by molar-refractivity contribution is 5.71. The Morgan fingerprint density at radius 1 is 1.11 bits per heavy atom. The van der Waals surface area contributed by atoms with Crippen molar-refractivity contribution in [2.75, 3.05) is 19.7 Å². The molecule has 0 aromatic rings. The molecule has 0 saturated carbocycles. The van der Waals surface area contributed by atoms with Crippen LogP contribution in [0.2, 0.25) is 0 Å². The summed E-state index contributed by atoms with van der Waals surface area (Å²) in [5.41, 5.74) is 0.263. The molecular formula is C15H31NO2. The van der Waals surface area contributed by atoms with Crippen molar-refractivity contribution in [1.82, 2.24) is 5.32 Å². The van der Waals surface area contributed by atoms with Crippen LogP contribution in [-0.4, -0.2) is 25.7 Å². The lowest BCUT2D eigenvalue weighted by Gasteiger charge is -2.24. The maximum atomic E-state index is 11.4. The van der Waals surface area contributed by atoms with E-state index in [0.717, 1.165) is 19.4 Å². The number of carbonyl (C=O) groups excluding carboxylic acids is 1. The van der Waals surface area contributed by atoms with Gasteiger partial charge >= 0.3 is 5.97 Å². The van der Waals surface area contributed by atoms with Crippen LogP contribution in [0.15, 0.2) is 0 Å². The van der Waals surface area contributed by atoms with Crippen molar-refractivity contribution < 1.29 is 9.53 Å². The molecule has 3 heteroatoms. The molecule has 0 atom stereocenters. The molecule has 0 bridgehead atoms. The van der Waals surface area contributed by atoms with Gasteiger partial charge in [0, 0.05) is 6.54 Å². The number of ether oxygens (including phenoxy) is 1. The van der Waals surface area contributed by atoms with Gasteiger partial charge in [-0.2, -0.15) is 0 Å². The van der Waals surface area contributed by atoms with E-state index in [2.05, 4.69) is 33.0 Å². The van der Waals surface area contributed by atoms with Gasteiger partial charge in [0.05, 0.1) is 13.2 Å². The summed E-state index contributed by atoms with van der Waals surface area (Å²) in [6.45, 7) is 10.6. The summed E-state index contributed by atoms with van der Waals surface area (Å²) in [4.78, 5) is 11.4. The first-order valence-electron chi connectivity index (χ1n) is 7.38. The van der Waals surface area contributed by atoms with Crippen molar-refractivity contribution in [1.29, 1.82) is 0 Å². The van der Waals surface area contributed by atoms with E-state index in [9.17, 15) is 4.79 Å². The van der Waals surface area contributed by atoms with Crippen molar-refractivity contribution in [3.05, 3.63) is 0 Å². The molecule has 0 spiro atoms. The van der Waals surface area contributed by atoms with Gasteiger partial charge in [0.1, 0.15) is 0 Å². The fraction of sp³-hybridized carbons (Fsp3) is 0.933. The third kappa shape index (κ3) is 10.6. The predicted molar refractivity (Wildman–Crippen MR) is 76.7 cm³/mol. The van der Waals surface area contributed by atoms with E-state index < -0.39 is 0 Å². The number of rotatable bonds is 11. The summed E-state index contributed by atoms with van der Waals surface area (Å²) in [7, 11) is 0. The average molecular weight is 257 g/mol. The smallest absolute Gasteiger partial charge is 0.319 e. The van der Waals surface area contributed by atoms with Crippen LogP contribution in [0.5, 0.6) is 0 Å². The standard InChI is InChI=1S/C15H31NO2/c1-5-7-9-10-15(3,4)13-16-12-14(17)18-11-8-6-2/h16H,5-13H2,1-4H3. The van der Waals surface area contributed by atoms with Gasteiger partial charge in [-0.15, -0.1) is 0 Å². The minimum Gasteiger partial charge on any atom is -0.465 e. The zero-order valence-corrected chi connectivity index (χ0v) is 12.7. The summed E-state index contributed by atoms with van der Waals surface area (Å²) < 4.78 is 5.09. The minimum absolute atomic E-state index is 0.132. The molecule has 0 aliphatic heterocycles. The first-order valence-corrected chi connectivity index (χ1v) is 7.38. The van der Waals surface area contributed by atoms with Gasteiger partial charge in [0.2, 0.25) is 0 Å². The zero-order valence-electron chi connectivity index (χ0n) is 12.7. The fourth-order valence-corrected chi connectivity index (χ4v) is 1.83. The van der Waals surface area contributed by atoms with Crippen molar-refractivity contribution in [2.24, 2.45) is 5.41 Å². The van der Waals surface area contributed by atoms with E-state index in [0.29, 0.717) is 13.2 Å². The summed E-state index contributed by atoms with van der Waals surface area (Å²) in [6, 6.07) is 0. The monoisotopic (exact) mass is 257 g/mol. The lowest BCUT2D eigenvalue weighted by atomic mass is 9.87. The Labute approximate surface area is 113 Å². The topological polar surface area (TPSA) is 38.3 Å². The van der Waals surface area contributed by atoms with Crippen LogP contribution in [0.3, 0.4) is 0 Å². The molecule has 0 fully saturated rings. The third-order valence-electron chi connectivity index (χ3n) is 3.09. The molecule has 1 N–H and O–H groups in total. The summed E-state index contributed by atoms with van der Waals surface area (Å²) in [6.07, 6.45) is 7.04. The average Bonchev–Trinajstić information content (AvgIpc) is 2.29. The molecule has 0 amide bonds. The van der Waals surface area contributed by atoms with Crippen LogP contribution in [0.1, 0.15) is 66.2 Å². The van der Waals surface area contributed by atoms with Gasteiger partial charge in [0.15, 0.2) is 0 Å². The van der Waals surface area contributed by atoms with Crippen LogP contribution < -0.4 is 5.32 Å². The van der Waals surface area contributed by atoms with Crippen LogP contribution in [0.4, 0.5) is 0 Å². The van der Waals surface area contributed by atoms with Crippen LogP contribution in [0, 0.1) is 5.41 Å². The van der Waals surface area contributed by atoms with E-state index in [1.807, 2.05) is 0 Å². The minimum atomic E-state index is -0.132. The second-order valence-electron chi connectivity index (χ2n) is 5.80. The number of unbranched alkanes of at least 4 members (excludes halogenated alkanes) is 3. The molecule has 0 radical (unpaired) electrons. The molecule has 0 saturated heterocycles. The lowest BCUT2D eigenvalue weighted by molar-refractivity contribution is -0.142. The molecule has 0 aliphatic carbocycles. The number of hydrogen-bond acceptors (Lipinski definition) is 3. The molecular weight excluding hydrogens is 226 g/mol. The SMILES string of the molecule is CCCCCC(C)(C)CNCC(=O)OCCCC. The Bertz CT molecular complexity index is 215. The summed E-state index contributed by atoms with van der Waals surface area (Å²) >= 11 is 0. The highest BCUT2D eigenvalue weighted by atomic mass is 16.5. The molecule has 0 aromatic carbocycles. The number of nitrogens with one attached hydrogen (secondary N) is 1. The van der Waals surface area contributed by atoms with Crippen molar-refractivity contribution in [2.45, 2.75) is 66.2 Å².